The first-order valence-corrected chi connectivity index (χ1v) is 8.07. The van der Waals surface area contributed by atoms with E-state index < -0.39 is 5.91 Å². The molecule has 4 N–H and O–H groups in total. The lowest BCUT2D eigenvalue weighted by Gasteiger charge is -2.15. The smallest absolute Gasteiger partial charge is 0.273 e. The summed E-state index contributed by atoms with van der Waals surface area (Å²) in [7, 11) is 1.88. The predicted molar refractivity (Wildman–Crippen MR) is 95.8 cm³/mol. The Kier molecular flexibility index (Phi) is 4.83. The van der Waals surface area contributed by atoms with E-state index in [9.17, 15) is 9.59 Å². The van der Waals surface area contributed by atoms with Gasteiger partial charge in [0.25, 0.3) is 5.91 Å². The minimum atomic E-state index is -0.724. The van der Waals surface area contributed by atoms with E-state index in [0.717, 1.165) is 12.1 Å². The zero-order valence-electron chi connectivity index (χ0n) is 14.3. The molecule has 0 bridgehead atoms. The van der Waals surface area contributed by atoms with Crippen LogP contribution in [0.5, 0.6) is 0 Å². The van der Waals surface area contributed by atoms with Gasteiger partial charge in [0.15, 0.2) is 11.5 Å². The normalized spacial score (nSPS) is 16.3. The van der Waals surface area contributed by atoms with E-state index >= 15 is 0 Å². The first kappa shape index (κ1) is 17.4. The van der Waals surface area contributed by atoms with Crippen LogP contribution in [0, 0.1) is 0 Å². The molecule has 2 amide bonds. The van der Waals surface area contributed by atoms with Crippen molar-refractivity contribution in [1.82, 2.24) is 24.6 Å². The number of aryl methyl sites for hydroxylation is 1. The number of primary amides is 1. The summed E-state index contributed by atoms with van der Waals surface area (Å²) in [5.74, 6) is -0.355. The highest BCUT2D eigenvalue weighted by Gasteiger charge is 2.26. The minimum absolute atomic E-state index is 0.00953. The van der Waals surface area contributed by atoms with E-state index in [1.165, 1.54) is 6.08 Å². The fraction of sp³-hybridized carbons (Fsp3) is 0.312. The fourth-order valence-electron chi connectivity index (χ4n) is 2.74. The van der Waals surface area contributed by atoms with E-state index in [1.54, 1.807) is 4.90 Å². The number of nitrogens with two attached hydrogens (primary N) is 1. The van der Waals surface area contributed by atoms with E-state index in [1.807, 2.05) is 30.1 Å². The number of rotatable bonds is 6. The molecule has 0 aliphatic carbocycles. The van der Waals surface area contributed by atoms with Gasteiger partial charge in [-0.05, 0) is 18.6 Å². The van der Waals surface area contributed by atoms with Crippen LogP contribution in [-0.2, 0) is 11.8 Å². The minimum Gasteiger partial charge on any atom is -0.364 e. The van der Waals surface area contributed by atoms with E-state index in [4.69, 9.17) is 5.73 Å². The maximum Gasteiger partial charge on any atom is 0.273 e. The van der Waals surface area contributed by atoms with Crippen molar-refractivity contribution in [1.29, 1.82) is 0 Å². The number of hydrogen-bond donors (Lipinski definition) is 3. The van der Waals surface area contributed by atoms with Crippen molar-refractivity contribution < 1.29 is 9.59 Å². The van der Waals surface area contributed by atoms with Gasteiger partial charge in [0.2, 0.25) is 11.9 Å². The first-order chi connectivity index (χ1) is 12.5. The summed E-state index contributed by atoms with van der Waals surface area (Å²) in [6.07, 6.45) is 5.73. The number of nitrogens with one attached hydrogen (secondary N) is 2. The van der Waals surface area contributed by atoms with Crippen LogP contribution in [-0.4, -0.2) is 55.6 Å². The van der Waals surface area contributed by atoms with Crippen LogP contribution in [0.2, 0.25) is 0 Å². The van der Waals surface area contributed by atoms with Crippen LogP contribution in [0.15, 0.2) is 31.1 Å². The average Bonchev–Trinajstić information content (AvgIpc) is 3.23. The molecule has 3 heterocycles. The molecule has 0 unspecified atom stereocenters. The molecule has 1 saturated heterocycles. The molecular formula is C16H20N8O2. The van der Waals surface area contributed by atoms with Gasteiger partial charge in [0.1, 0.15) is 0 Å². The number of likely N-dealkylation sites (tertiary alicyclic amines) is 1. The number of amides is 2. The quantitative estimate of drug-likeness (QED) is 0.632. The van der Waals surface area contributed by atoms with Crippen molar-refractivity contribution in [3.05, 3.63) is 36.8 Å². The molecule has 0 spiro atoms. The van der Waals surface area contributed by atoms with Crippen molar-refractivity contribution in [2.24, 2.45) is 12.8 Å². The summed E-state index contributed by atoms with van der Waals surface area (Å²) < 4.78 is 1.85. The summed E-state index contributed by atoms with van der Waals surface area (Å²) in [5.41, 5.74) is 6.05. The molecule has 1 aliphatic rings. The molecule has 0 aromatic carbocycles. The Hall–Kier alpha value is -3.43. The van der Waals surface area contributed by atoms with Crippen molar-refractivity contribution in [2.45, 2.75) is 12.5 Å². The Bertz CT molecular complexity index is 847. The molecule has 3 rings (SSSR count). The number of nitrogens with zero attached hydrogens (tertiary/aromatic N) is 5. The van der Waals surface area contributed by atoms with Crippen LogP contribution in [0.25, 0.3) is 0 Å². The van der Waals surface area contributed by atoms with Gasteiger partial charge in [-0.25, -0.2) is 0 Å². The maximum absolute atomic E-state index is 11.7. The second kappa shape index (κ2) is 7.21. The summed E-state index contributed by atoms with van der Waals surface area (Å²) in [6, 6.07) is 1.82. The van der Waals surface area contributed by atoms with Crippen molar-refractivity contribution >= 4 is 29.3 Å². The molecule has 1 aliphatic heterocycles. The molecule has 1 atom stereocenters. The highest BCUT2D eigenvalue weighted by atomic mass is 16.2. The van der Waals surface area contributed by atoms with Crippen LogP contribution < -0.4 is 16.4 Å². The number of hydrogen-bond acceptors (Lipinski definition) is 7. The zero-order valence-corrected chi connectivity index (χ0v) is 14.3. The second-order valence-corrected chi connectivity index (χ2v) is 6.01. The van der Waals surface area contributed by atoms with Crippen molar-refractivity contribution in [3.8, 4) is 0 Å². The van der Waals surface area contributed by atoms with Crippen LogP contribution in [0.1, 0.15) is 16.9 Å². The Morgan fingerprint density at radius 2 is 2.23 bits per heavy atom. The molecule has 2 aromatic heterocycles. The summed E-state index contributed by atoms with van der Waals surface area (Å²) in [5, 5.41) is 14.0. The molecule has 10 heteroatoms. The number of carbonyl (C=O) groups excluding carboxylic acids is 2. The highest BCUT2D eigenvalue weighted by molar-refractivity contribution is 5.96. The molecule has 136 valence electrons. The topological polar surface area (TPSA) is 131 Å². The van der Waals surface area contributed by atoms with Gasteiger partial charge in [-0.3, -0.25) is 9.59 Å². The third-order valence-corrected chi connectivity index (χ3v) is 4.02. The van der Waals surface area contributed by atoms with Gasteiger partial charge in [0, 0.05) is 38.6 Å². The van der Waals surface area contributed by atoms with E-state index in [-0.39, 0.29) is 29.4 Å². The summed E-state index contributed by atoms with van der Waals surface area (Å²) in [6.45, 7) is 4.64. The Labute approximate surface area is 150 Å². The van der Waals surface area contributed by atoms with Crippen molar-refractivity contribution in [3.63, 3.8) is 0 Å². The van der Waals surface area contributed by atoms with Gasteiger partial charge < -0.3 is 25.8 Å². The Morgan fingerprint density at radius 3 is 2.88 bits per heavy atom. The molecule has 1 fully saturated rings. The van der Waals surface area contributed by atoms with Crippen LogP contribution in [0.3, 0.4) is 0 Å². The molecule has 0 radical (unpaired) electrons. The van der Waals surface area contributed by atoms with Gasteiger partial charge in [-0.1, -0.05) is 6.58 Å². The lowest BCUT2D eigenvalue weighted by molar-refractivity contribution is -0.125. The fourth-order valence-corrected chi connectivity index (χ4v) is 2.74. The maximum atomic E-state index is 11.7. The Balaban J connectivity index is 1.76. The predicted octanol–water partition coefficient (Wildman–Crippen LogP) is 0.251. The van der Waals surface area contributed by atoms with Gasteiger partial charge in [-0.2, -0.15) is 4.98 Å². The average molecular weight is 356 g/mol. The van der Waals surface area contributed by atoms with E-state index in [2.05, 4.69) is 32.4 Å². The molecule has 10 nitrogen and oxygen atoms in total. The Morgan fingerprint density at radius 1 is 1.42 bits per heavy atom. The van der Waals surface area contributed by atoms with E-state index in [0.29, 0.717) is 13.1 Å². The molecular weight excluding hydrogens is 336 g/mol. The molecule has 0 saturated carbocycles. The lowest BCUT2D eigenvalue weighted by atomic mass is 10.3. The van der Waals surface area contributed by atoms with Gasteiger partial charge in [0.05, 0.1) is 5.69 Å². The van der Waals surface area contributed by atoms with Gasteiger partial charge in [-0.15, -0.1) is 10.2 Å². The lowest BCUT2D eigenvalue weighted by Crippen LogP contribution is -2.30. The standard InChI is InChI=1S/C16H20N8O2/c1-3-12(25)24-7-5-11(9-24)19-16-20-15(13(14(17)26)21-22-16)18-10-4-6-23(2)8-10/h3-4,6,8,11H,1,5,7,9H2,2H3,(H2,17,26)(H2,18,19,20,22)/t11-/m1/s1. The zero-order chi connectivity index (χ0) is 18.7. The molecule has 26 heavy (non-hydrogen) atoms. The van der Waals surface area contributed by atoms with Gasteiger partial charge >= 0.3 is 0 Å². The third kappa shape index (κ3) is 3.79. The summed E-state index contributed by atoms with van der Waals surface area (Å²) in [4.78, 5) is 29.3. The van der Waals surface area contributed by atoms with Crippen LogP contribution >= 0.6 is 0 Å². The first-order valence-electron chi connectivity index (χ1n) is 8.07. The monoisotopic (exact) mass is 356 g/mol. The van der Waals surface area contributed by atoms with Crippen LogP contribution in [0.4, 0.5) is 17.5 Å². The number of carbonyl (C=O) groups is 2. The number of aromatic nitrogens is 4. The second-order valence-electron chi connectivity index (χ2n) is 6.01. The van der Waals surface area contributed by atoms with Crippen molar-refractivity contribution in [2.75, 3.05) is 23.7 Å². The molecule has 2 aromatic rings. The highest BCUT2D eigenvalue weighted by Crippen LogP contribution is 2.19. The third-order valence-electron chi connectivity index (χ3n) is 4.02. The SMILES string of the molecule is C=CC(=O)N1CC[C@@H](Nc2nnc(C(N)=O)c(Nc3ccn(C)c3)n2)C1. The summed E-state index contributed by atoms with van der Waals surface area (Å²) >= 11 is 0. The largest absolute Gasteiger partial charge is 0.364 e. The number of anilines is 3.